The Morgan fingerprint density at radius 1 is 1.29 bits per heavy atom. The molecule has 1 aliphatic rings. The summed E-state index contributed by atoms with van der Waals surface area (Å²) >= 11 is 0. The molecule has 0 saturated heterocycles. The van der Waals surface area contributed by atoms with Gasteiger partial charge in [-0.15, -0.1) is 0 Å². The van der Waals surface area contributed by atoms with Crippen LogP contribution in [0.4, 0.5) is 0 Å². The quantitative estimate of drug-likeness (QED) is 0.867. The van der Waals surface area contributed by atoms with Crippen molar-refractivity contribution in [2.24, 2.45) is 0 Å². The molecule has 1 heterocycles. The molecule has 4 nitrogen and oxygen atoms in total. The number of hydrogen-bond acceptors (Lipinski definition) is 2. The van der Waals surface area contributed by atoms with E-state index in [2.05, 4.69) is 4.98 Å². The number of fused-ring (bicyclic) bond motifs is 1. The van der Waals surface area contributed by atoms with Gasteiger partial charge in [0.2, 0.25) is 5.91 Å². The third kappa shape index (κ3) is 2.67. The lowest BCUT2D eigenvalue weighted by molar-refractivity contribution is -0.135. The molecule has 0 radical (unpaired) electrons. The molecule has 1 unspecified atom stereocenters. The first kappa shape index (κ1) is 14.1. The summed E-state index contributed by atoms with van der Waals surface area (Å²) < 4.78 is 1.98. The average molecular weight is 285 g/mol. The molecule has 1 aromatic carbocycles. The van der Waals surface area contributed by atoms with Crippen molar-refractivity contribution in [3.8, 4) is 0 Å². The molecule has 2 aromatic rings. The number of hydrogen-bond donors (Lipinski definition) is 0. The van der Waals surface area contributed by atoms with E-state index in [-0.39, 0.29) is 11.9 Å². The molecule has 1 fully saturated rings. The number of rotatable bonds is 3. The van der Waals surface area contributed by atoms with E-state index in [1.807, 2.05) is 47.7 Å². The minimum Gasteiger partial charge on any atom is -0.341 e. The van der Waals surface area contributed by atoms with Gasteiger partial charge >= 0.3 is 0 Å². The summed E-state index contributed by atoms with van der Waals surface area (Å²) in [5, 5.41) is 0. The van der Waals surface area contributed by atoms with Crippen LogP contribution in [0.1, 0.15) is 45.1 Å². The molecular formula is C17H23N3O. The number of para-hydroxylation sites is 2. The van der Waals surface area contributed by atoms with Crippen LogP contribution in [-0.4, -0.2) is 33.4 Å². The molecule has 0 spiro atoms. The predicted octanol–water partition coefficient (Wildman–Crippen LogP) is 3.39. The van der Waals surface area contributed by atoms with Crippen molar-refractivity contribution < 1.29 is 4.79 Å². The largest absolute Gasteiger partial charge is 0.341 e. The summed E-state index contributed by atoms with van der Waals surface area (Å²) in [6.45, 7) is 1.97. The molecule has 1 aliphatic carbocycles. The summed E-state index contributed by atoms with van der Waals surface area (Å²) in [4.78, 5) is 19.1. The summed E-state index contributed by atoms with van der Waals surface area (Å²) in [7, 11) is 1.95. The van der Waals surface area contributed by atoms with Gasteiger partial charge in [0.1, 0.15) is 6.04 Å². The lowest BCUT2D eigenvalue weighted by Gasteiger charge is -2.33. The highest BCUT2D eigenvalue weighted by Crippen LogP contribution is 2.25. The molecule has 21 heavy (non-hydrogen) atoms. The average Bonchev–Trinajstić information content (AvgIpc) is 2.97. The summed E-state index contributed by atoms with van der Waals surface area (Å²) in [5.74, 6) is 0.185. The van der Waals surface area contributed by atoms with Crippen LogP contribution in [0.15, 0.2) is 30.6 Å². The van der Waals surface area contributed by atoms with Crippen LogP contribution in [0.25, 0.3) is 11.0 Å². The summed E-state index contributed by atoms with van der Waals surface area (Å²) in [6.07, 6.45) is 7.84. The van der Waals surface area contributed by atoms with Crippen LogP contribution in [0, 0.1) is 0 Å². The Bertz CT molecular complexity index is 628. The van der Waals surface area contributed by atoms with E-state index >= 15 is 0 Å². The minimum atomic E-state index is -0.204. The Hall–Kier alpha value is -1.84. The molecule has 1 atom stereocenters. The van der Waals surface area contributed by atoms with Crippen LogP contribution in [0.5, 0.6) is 0 Å². The van der Waals surface area contributed by atoms with E-state index in [9.17, 15) is 4.79 Å². The number of nitrogens with zero attached hydrogens (tertiary/aromatic N) is 3. The molecule has 0 aliphatic heterocycles. The monoisotopic (exact) mass is 285 g/mol. The van der Waals surface area contributed by atoms with Gasteiger partial charge in [0.25, 0.3) is 0 Å². The van der Waals surface area contributed by atoms with Gasteiger partial charge in [-0.2, -0.15) is 0 Å². The van der Waals surface area contributed by atoms with Crippen molar-refractivity contribution in [1.82, 2.24) is 14.5 Å². The second-order valence-electron chi connectivity index (χ2n) is 6.06. The molecular weight excluding hydrogens is 262 g/mol. The normalized spacial score (nSPS) is 17.8. The highest BCUT2D eigenvalue weighted by atomic mass is 16.2. The van der Waals surface area contributed by atoms with E-state index in [4.69, 9.17) is 0 Å². The van der Waals surface area contributed by atoms with Crippen molar-refractivity contribution in [3.05, 3.63) is 30.6 Å². The summed E-state index contributed by atoms with van der Waals surface area (Å²) in [5.41, 5.74) is 1.97. The van der Waals surface area contributed by atoms with E-state index in [0.717, 1.165) is 23.9 Å². The molecule has 0 bridgehead atoms. The van der Waals surface area contributed by atoms with Crippen LogP contribution in [-0.2, 0) is 4.79 Å². The van der Waals surface area contributed by atoms with E-state index in [1.54, 1.807) is 6.33 Å². The van der Waals surface area contributed by atoms with E-state index < -0.39 is 0 Å². The number of amides is 1. The smallest absolute Gasteiger partial charge is 0.245 e. The Morgan fingerprint density at radius 2 is 2.00 bits per heavy atom. The van der Waals surface area contributed by atoms with Gasteiger partial charge in [-0.05, 0) is 31.9 Å². The Labute approximate surface area is 125 Å². The maximum absolute atomic E-state index is 12.8. The lowest BCUT2D eigenvalue weighted by atomic mass is 9.94. The van der Waals surface area contributed by atoms with Crippen LogP contribution in [0.3, 0.4) is 0 Å². The lowest BCUT2D eigenvalue weighted by Crippen LogP contribution is -2.41. The number of aromatic nitrogens is 2. The van der Waals surface area contributed by atoms with Crippen molar-refractivity contribution >= 4 is 16.9 Å². The second kappa shape index (κ2) is 5.88. The fourth-order valence-electron chi connectivity index (χ4n) is 3.35. The fourth-order valence-corrected chi connectivity index (χ4v) is 3.35. The topological polar surface area (TPSA) is 38.1 Å². The highest BCUT2D eigenvalue weighted by molar-refractivity contribution is 5.83. The van der Waals surface area contributed by atoms with Gasteiger partial charge in [0.05, 0.1) is 17.4 Å². The standard InChI is InChI=1S/C17H23N3O/c1-13(17(21)19(2)14-8-4-3-5-9-14)20-12-18-15-10-6-7-11-16(15)20/h6-7,10-14H,3-5,8-9H2,1-2H3. The van der Waals surface area contributed by atoms with Crippen molar-refractivity contribution in [2.75, 3.05) is 7.05 Å². The van der Waals surface area contributed by atoms with Gasteiger partial charge in [-0.3, -0.25) is 4.79 Å². The fraction of sp³-hybridized carbons (Fsp3) is 0.529. The van der Waals surface area contributed by atoms with Crippen LogP contribution >= 0.6 is 0 Å². The maximum Gasteiger partial charge on any atom is 0.245 e. The van der Waals surface area contributed by atoms with Crippen molar-refractivity contribution in [2.45, 2.75) is 51.1 Å². The molecule has 3 rings (SSSR count). The van der Waals surface area contributed by atoms with Crippen LogP contribution < -0.4 is 0 Å². The van der Waals surface area contributed by atoms with Gasteiger partial charge in [0, 0.05) is 13.1 Å². The Balaban J connectivity index is 1.80. The molecule has 1 saturated carbocycles. The Morgan fingerprint density at radius 3 is 2.76 bits per heavy atom. The second-order valence-corrected chi connectivity index (χ2v) is 6.06. The number of carbonyl (C=O) groups is 1. The molecule has 4 heteroatoms. The van der Waals surface area contributed by atoms with Crippen molar-refractivity contribution in [1.29, 1.82) is 0 Å². The predicted molar refractivity (Wildman–Crippen MR) is 84.1 cm³/mol. The first-order valence-corrected chi connectivity index (χ1v) is 7.86. The molecule has 1 aromatic heterocycles. The summed E-state index contributed by atoms with van der Waals surface area (Å²) in [6, 6.07) is 8.16. The first-order chi connectivity index (χ1) is 10.2. The van der Waals surface area contributed by atoms with E-state index in [1.165, 1.54) is 19.3 Å². The number of likely N-dealkylation sites (N-methyl/N-ethyl adjacent to an activating group) is 1. The number of benzene rings is 1. The van der Waals surface area contributed by atoms with Gasteiger partial charge in [-0.1, -0.05) is 31.4 Å². The molecule has 1 amide bonds. The first-order valence-electron chi connectivity index (χ1n) is 7.86. The minimum absolute atomic E-state index is 0.185. The molecule has 0 N–H and O–H groups in total. The number of carbonyl (C=O) groups excluding carboxylic acids is 1. The zero-order valence-electron chi connectivity index (χ0n) is 12.8. The zero-order valence-corrected chi connectivity index (χ0v) is 12.8. The highest BCUT2D eigenvalue weighted by Gasteiger charge is 2.26. The SMILES string of the molecule is CC(C(=O)N(C)C1CCCCC1)n1cnc2ccccc21. The van der Waals surface area contributed by atoms with Crippen LogP contribution in [0.2, 0.25) is 0 Å². The van der Waals surface area contributed by atoms with Gasteiger partial charge < -0.3 is 9.47 Å². The third-order valence-electron chi connectivity index (χ3n) is 4.73. The van der Waals surface area contributed by atoms with Gasteiger partial charge in [0.15, 0.2) is 0 Å². The molecule has 112 valence electrons. The van der Waals surface area contributed by atoms with Crippen molar-refractivity contribution in [3.63, 3.8) is 0 Å². The maximum atomic E-state index is 12.8. The number of imidazole rings is 1. The third-order valence-corrected chi connectivity index (χ3v) is 4.73. The zero-order chi connectivity index (χ0) is 14.8. The van der Waals surface area contributed by atoms with Gasteiger partial charge in [-0.25, -0.2) is 4.98 Å². The van der Waals surface area contributed by atoms with E-state index in [0.29, 0.717) is 6.04 Å². The Kier molecular flexibility index (Phi) is 3.95.